The third kappa shape index (κ3) is 1.74. The largest absolute Gasteiger partial charge is 0.478 e. The molecule has 0 spiro atoms. The first kappa shape index (κ1) is 6.67. The van der Waals surface area contributed by atoms with Crippen molar-refractivity contribution in [3.63, 3.8) is 0 Å². The van der Waals surface area contributed by atoms with Gasteiger partial charge in [-0.2, -0.15) is 0 Å². The van der Waals surface area contributed by atoms with E-state index in [0.29, 0.717) is 5.57 Å². The van der Waals surface area contributed by atoms with Crippen LogP contribution in [0.3, 0.4) is 0 Å². The Hall–Kier alpha value is -0.450. The van der Waals surface area contributed by atoms with Gasteiger partial charge in [-0.25, -0.2) is 4.79 Å². The van der Waals surface area contributed by atoms with Crippen LogP contribution in [0.2, 0.25) is 0 Å². The summed E-state index contributed by atoms with van der Waals surface area (Å²) in [6.07, 6.45) is 3.42. The predicted molar refractivity (Wildman–Crippen MR) is 44.9 cm³/mol. The van der Waals surface area contributed by atoms with Gasteiger partial charge < -0.3 is 5.11 Å². The normalized spacial score (nSPS) is 16.2. The van der Waals surface area contributed by atoms with Gasteiger partial charge in [-0.1, -0.05) is 26.8 Å². The van der Waals surface area contributed by atoms with E-state index in [9.17, 15) is 4.79 Å². The van der Waals surface area contributed by atoms with E-state index in [0.717, 1.165) is 0 Å². The molecule has 0 unspecified atom stereocenters. The summed E-state index contributed by atoms with van der Waals surface area (Å²) < 4.78 is 3.81. The highest BCUT2D eigenvalue weighted by molar-refractivity contribution is 14.2. The van der Waals surface area contributed by atoms with Crippen molar-refractivity contribution in [2.75, 3.05) is 0 Å². The molecule has 1 rings (SSSR count). The number of carbonyl (C=O) groups is 1. The standard InChI is InChI=1S/C6H5IO2/c8-6(9)5-2-1-3-7-4-5/h1-4H,(H,8,9). The Labute approximate surface area is 62.6 Å². The maximum atomic E-state index is 10.2. The zero-order chi connectivity index (χ0) is 6.69. The van der Waals surface area contributed by atoms with Crippen molar-refractivity contribution in [1.29, 1.82) is 0 Å². The van der Waals surface area contributed by atoms with Gasteiger partial charge in [-0.05, 0) is 14.2 Å². The predicted octanol–water partition coefficient (Wildman–Crippen LogP) is 1.30. The van der Waals surface area contributed by atoms with Crippen molar-refractivity contribution in [3.8, 4) is 0 Å². The van der Waals surface area contributed by atoms with E-state index < -0.39 is 5.97 Å². The number of hydrogen-bond acceptors (Lipinski definition) is 1. The van der Waals surface area contributed by atoms with Gasteiger partial charge in [0, 0.05) is 0 Å². The van der Waals surface area contributed by atoms with Gasteiger partial charge in [0.15, 0.2) is 0 Å². The molecule has 0 aromatic heterocycles. The average molecular weight is 236 g/mol. The van der Waals surface area contributed by atoms with Crippen molar-refractivity contribution < 1.29 is 9.90 Å². The summed E-state index contributed by atoms with van der Waals surface area (Å²) in [5, 5.41) is 8.42. The molecule has 1 aliphatic rings. The Morgan fingerprint density at radius 2 is 2.44 bits per heavy atom. The molecule has 0 amide bonds. The van der Waals surface area contributed by atoms with E-state index in [2.05, 4.69) is 0 Å². The Bertz CT molecular complexity index is 213. The lowest BCUT2D eigenvalue weighted by Gasteiger charge is -1.92. The molecule has 0 aliphatic carbocycles. The SMILES string of the molecule is O=C(O)C1=CI=CC=C1. The number of aliphatic carboxylic acids is 1. The second-order valence-electron chi connectivity index (χ2n) is 1.48. The number of halogens is 1. The van der Waals surface area contributed by atoms with E-state index >= 15 is 0 Å². The lowest BCUT2D eigenvalue weighted by molar-refractivity contribution is -0.132. The molecule has 48 valence electrons. The van der Waals surface area contributed by atoms with E-state index in [1.54, 1.807) is 16.2 Å². The number of carboxylic acids is 1. The average Bonchev–Trinajstić information content (AvgIpc) is 1.90. The van der Waals surface area contributed by atoms with Crippen molar-refractivity contribution in [2.45, 2.75) is 0 Å². The van der Waals surface area contributed by atoms with Gasteiger partial charge in [0.25, 0.3) is 0 Å². The molecule has 3 heteroatoms. The third-order valence-electron chi connectivity index (χ3n) is 0.849. The molecular formula is C6H5IO2. The van der Waals surface area contributed by atoms with Crippen LogP contribution in [0.5, 0.6) is 0 Å². The van der Waals surface area contributed by atoms with Crippen LogP contribution in [-0.4, -0.2) is 15.1 Å². The lowest BCUT2D eigenvalue weighted by atomic mass is 10.3. The highest BCUT2D eigenvalue weighted by Crippen LogP contribution is 2.10. The van der Waals surface area contributed by atoms with Gasteiger partial charge in [-0.15, -0.1) is 0 Å². The zero-order valence-electron chi connectivity index (χ0n) is 4.54. The Kier molecular flexibility index (Phi) is 2.16. The fourth-order valence-electron chi connectivity index (χ4n) is 0.441. The maximum absolute atomic E-state index is 10.2. The van der Waals surface area contributed by atoms with Gasteiger partial charge in [0.05, 0.1) is 5.57 Å². The molecule has 1 N–H and O–H groups in total. The van der Waals surface area contributed by atoms with E-state index in [-0.39, 0.29) is 20.7 Å². The summed E-state index contributed by atoms with van der Waals surface area (Å²) in [5.41, 5.74) is 0.435. The molecule has 0 bridgehead atoms. The quantitative estimate of drug-likeness (QED) is 0.696. The van der Waals surface area contributed by atoms with Gasteiger partial charge in [0.2, 0.25) is 0 Å². The number of allylic oxidation sites excluding steroid dienone is 1. The topological polar surface area (TPSA) is 37.3 Å². The van der Waals surface area contributed by atoms with Crippen LogP contribution < -0.4 is 0 Å². The van der Waals surface area contributed by atoms with Crippen molar-refractivity contribution in [1.82, 2.24) is 0 Å². The monoisotopic (exact) mass is 236 g/mol. The number of carboxylic acid groups (broad SMARTS) is 1. The summed E-state index contributed by atoms with van der Waals surface area (Å²) in [4.78, 5) is 10.2. The summed E-state index contributed by atoms with van der Waals surface area (Å²) >= 11 is -0.114. The van der Waals surface area contributed by atoms with Crippen molar-refractivity contribution in [2.24, 2.45) is 0 Å². The minimum absolute atomic E-state index is 0.114. The Balaban J connectivity index is 2.84. The molecule has 0 saturated heterocycles. The molecule has 1 heterocycles. The van der Waals surface area contributed by atoms with Crippen molar-refractivity contribution >= 4 is 30.7 Å². The molecule has 0 aromatic carbocycles. The second-order valence-corrected chi connectivity index (χ2v) is 3.54. The molecular weight excluding hydrogens is 231 g/mol. The molecule has 2 nitrogen and oxygen atoms in total. The first-order chi connectivity index (χ1) is 4.30. The maximum Gasteiger partial charge on any atom is 0.336 e. The van der Waals surface area contributed by atoms with Crippen LogP contribution in [0.25, 0.3) is 0 Å². The minimum Gasteiger partial charge on any atom is -0.478 e. The summed E-state index contributed by atoms with van der Waals surface area (Å²) in [7, 11) is 0. The zero-order valence-corrected chi connectivity index (χ0v) is 6.70. The third-order valence-corrected chi connectivity index (χ3v) is 2.71. The number of hydrogen-bond donors (Lipinski definition) is 1. The highest BCUT2D eigenvalue weighted by atomic mass is 127. The summed E-state index contributed by atoms with van der Waals surface area (Å²) in [5.74, 6) is -0.820. The van der Waals surface area contributed by atoms with Crippen LogP contribution in [0, 0.1) is 0 Å². The minimum atomic E-state index is -0.820. The fourth-order valence-corrected chi connectivity index (χ4v) is 1.96. The molecule has 0 atom stereocenters. The smallest absolute Gasteiger partial charge is 0.336 e. The summed E-state index contributed by atoms with van der Waals surface area (Å²) in [6, 6.07) is 0. The fraction of sp³-hybridized carbons (Fsp3) is 0. The van der Waals surface area contributed by atoms with E-state index in [4.69, 9.17) is 5.11 Å². The van der Waals surface area contributed by atoms with Gasteiger partial charge in [0.1, 0.15) is 0 Å². The van der Waals surface area contributed by atoms with Crippen LogP contribution in [0.15, 0.2) is 21.8 Å². The first-order valence-corrected chi connectivity index (χ1v) is 4.85. The first-order valence-electron chi connectivity index (χ1n) is 2.36. The second kappa shape index (κ2) is 2.91. The van der Waals surface area contributed by atoms with Crippen LogP contribution in [-0.2, 0) is 4.79 Å². The molecule has 9 heavy (non-hydrogen) atoms. The van der Waals surface area contributed by atoms with E-state index in [1.807, 2.05) is 4.01 Å². The Morgan fingerprint density at radius 3 is 2.78 bits per heavy atom. The number of rotatable bonds is 1. The molecule has 1 aliphatic heterocycles. The molecule has 0 fully saturated rings. The van der Waals surface area contributed by atoms with Crippen LogP contribution >= 0.6 is 20.7 Å². The highest BCUT2D eigenvalue weighted by Gasteiger charge is 2.01. The lowest BCUT2D eigenvalue weighted by Crippen LogP contribution is -1.96. The molecule has 0 aromatic rings. The van der Waals surface area contributed by atoms with Gasteiger partial charge in [-0.3, -0.25) is 0 Å². The molecule has 0 radical (unpaired) electrons. The Morgan fingerprint density at radius 1 is 1.67 bits per heavy atom. The van der Waals surface area contributed by atoms with Crippen molar-refractivity contribution in [3.05, 3.63) is 21.8 Å². The molecule has 0 saturated carbocycles. The summed E-state index contributed by atoms with van der Waals surface area (Å²) in [6.45, 7) is 0. The van der Waals surface area contributed by atoms with Gasteiger partial charge >= 0.3 is 5.97 Å². The van der Waals surface area contributed by atoms with E-state index in [1.165, 1.54) is 0 Å². The van der Waals surface area contributed by atoms with Crippen LogP contribution in [0.1, 0.15) is 0 Å². The van der Waals surface area contributed by atoms with Crippen LogP contribution in [0.4, 0.5) is 0 Å².